The predicted molar refractivity (Wildman–Crippen MR) is 138 cm³/mol. The van der Waals surface area contributed by atoms with E-state index in [4.69, 9.17) is 9.84 Å². The molecule has 2 aromatic rings. The van der Waals surface area contributed by atoms with E-state index in [1.807, 2.05) is 39.8 Å². The highest BCUT2D eigenvalue weighted by Crippen LogP contribution is 2.41. The van der Waals surface area contributed by atoms with Crippen LogP contribution in [0.25, 0.3) is 0 Å². The molecule has 1 heterocycles. The van der Waals surface area contributed by atoms with Crippen LogP contribution in [0, 0.1) is 5.82 Å². The van der Waals surface area contributed by atoms with E-state index in [-0.39, 0.29) is 42.5 Å². The highest BCUT2D eigenvalue weighted by molar-refractivity contribution is 5.98. The minimum atomic E-state index is -0.967. The summed E-state index contributed by atoms with van der Waals surface area (Å²) in [6.07, 6.45) is 2.22. The lowest BCUT2D eigenvalue weighted by Gasteiger charge is -2.36. The van der Waals surface area contributed by atoms with E-state index in [2.05, 4.69) is 5.32 Å². The van der Waals surface area contributed by atoms with Gasteiger partial charge in [0, 0.05) is 25.1 Å². The molecule has 198 valence electrons. The Morgan fingerprint density at radius 1 is 1.14 bits per heavy atom. The summed E-state index contributed by atoms with van der Waals surface area (Å²) in [5, 5.41) is 11.8. The van der Waals surface area contributed by atoms with Gasteiger partial charge < -0.3 is 20.1 Å². The molecule has 0 spiro atoms. The number of fused-ring (bicyclic) bond motifs is 2. The molecule has 0 bridgehead atoms. The topological polar surface area (TPSA) is 95.9 Å². The van der Waals surface area contributed by atoms with E-state index < -0.39 is 17.9 Å². The van der Waals surface area contributed by atoms with E-state index >= 15 is 4.39 Å². The summed E-state index contributed by atoms with van der Waals surface area (Å²) in [5.41, 5.74) is 3.30. The number of carboxylic acids is 1. The number of nitrogens with zero attached hydrogens (tertiary/aromatic N) is 1. The van der Waals surface area contributed by atoms with Crippen molar-refractivity contribution in [3.8, 4) is 5.75 Å². The molecule has 0 fully saturated rings. The largest absolute Gasteiger partial charge is 0.491 e. The number of benzene rings is 2. The van der Waals surface area contributed by atoms with Crippen molar-refractivity contribution in [2.45, 2.75) is 83.8 Å². The molecule has 2 amide bonds. The van der Waals surface area contributed by atoms with Crippen LogP contribution in [0.2, 0.25) is 0 Å². The Balaban J connectivity index is 1.63. The van der Waals surface area contributed by atoms with Gasteiger partial charge in [0.15, 0.2) is 0 Å². The van der Waals surface area contributed by atoms with Crippen molar-refractivity contribution in [3.05, 3.63) is 58.4 Å². The monoisotopic (exact) mass is 510 g/mol. The van der Waals surface area contributed by atoms with Crippen molar-refractivity contribution >= 4 is 23.5 Å². The number of ether oxygens (including phenoxy) is 1. The number of aliphatic carboxylic acids is 1. The molecule has 37 heavy (non-hydrogen) atoms. The normalized spacial score (nSPS) is 17.8. The molecule has 0 radical (unpaired) electrons. The predicted octanol–water partition coefficient (Wildman–Crippen LogP) is 5.16. The second-order valence-electron chi connectivity index (χ2n) is 10.9. The van der Waals surface area contributed by atoms with Crippen LogP contribution in [0.1, 0.15) is 81.7 Å². The molecule has 0 saturated heterocycles. The number of amides is 2. The number of carbonyl (C=O) groups excluding carboxylic acids is 2. The number of halogens is 1. The second-order valence-corrected chi connectivity index (χ2v) is 10.9. The molecule has 1 aliphatic heterocycles. The summed E-state index contributed by atoms with van der Waals surface area (Å²) < 4.78 is 20.9. The van der Waals surface area contributed by atoms with E-state index in [9.17, 15) is 14.4 Å². The van der Waals surface area contributed by atoms with Crippen molar-refractivity contribution in [2.75, 3.05) is 11.9 Å². The Labute approximate surface area is 217 Å². The van der Waals surface area contributed by atoms with Gasteiger partial charge >= 0.3 is 5.97 Å². The minimum Gasteiger partial charge on any atom is -0.491 e. The molecule has 8 heteroatoms. The van der Waals surface area contributed by atoms with E-state index in [1.165, 1.54) is 11.0 Å². The van der Waals surface area contributed by atoms with Crippen molar-refractivity contribution in [1.29, 1.82) is 0 Å². The molecule has 7 nitrogen and oxygen atoms in total. The van der Waals surface area contributed by atoms with Crippen LogP contribution in [-0.4, -0.2) is 40.4 Å². The first-order valence-electron chi connectivity index (χ1n) is 12.9. The fraction of sp³-hybridized carbons (Fsp3) is 0.483. The molecule has 0 saturated carbocycles. The number of hydrogen-bond acceptors (Lipinski definition) is 4. The van der Waals surface area contributed by atoms with E-state index in [1.54, 1.807) is 12.1 Å². The number of aryl methyl sites for hydroxylation is 1. The highest BCUT2D eigenvalue weighted by atomic mass is 19.1. The van der Waals surface area contributed by atoms with Crippen LogP contribution in [0.3, 0.4) is 0 Å². The number of rotatable bonds is 8. The lowest BCUT2D eigenvalue weighted by molar-refractivity contribution is -0.140. The maximum Gasteiger partial charge on any atom is 0.303 e. The van der Waals surface area contributed by atoms with Gasteiger partial charge in [0.25, 0.3) is 5.91 Å². The van der Waals surface area contributed by atoms with Gasteiger partial charge in [-0.15, -0.1) is 0 Å². The van der Waals surface area contributed by atoms with Crippen molar-refractivity contribution in [2.24, 2.45) is 0 Å². The Morgan fingerprint density at radius 2 is 1.89 bits per heavy atom. The average molecular weight is 511 g/mol. The number of carbonyl (C=O) groups is 3. The first-order chi connectivity index (χ1) is 17.5. The first-order valence-corrected chi connectivity index (χ1v) is 12.9. The molecule has 2 aliphatic rings. The summed E-state index contributed by atoms with van der Waals surface area (Å²) in [5.74, 6) is -1.32. The number of anilines is 1. The lowest BCUT2D eigenvalue weighted by atomic mass is 9.86. The fourth-order valence-electron chi connectivity index (χ4n) is 5.51. The fourth-order valence-corrected chi connectivity index (χ4v) is 5.51. The summed E-state index contributed by atoms with van der Waals surface area (Å²) in [4.78, 5) is 39.2. The molecule has 1 aliphatic carbocycles. The molecule has 2 aromatic carbocycles. The second kappa shape index (κ2) is 10.5. The summed E-state index contributed by atoms with van der Waals surface area (Å²) in [6.45, 7) is 8.22. The van der Waals surface area contributed by atoms with E-state index in [0.717, 1.165) is 24.0 Å². The van der Waals surface area contributed by atoms with Crippen LogP contribution < -0.4 is 10.1 Å². The molecule has 2 N–H and O–H groups in total. The highest BCUT2D eigenvalue weighted by Gasteiger charge is 2.37. The van der Waals surface area contributed by atoms with Gasteiger partial charge in [-0.1, -0.05) is 19.9 Å². The Kier molecular flexibility index (Phi) is 7.57. The zero-order valence-corrected chi connectivity index (χ0v) is 21.9. The number of hydrogen-bond donors (Lipinski definition) is 2. The Morgan fingerprint density at radius 3 is 2.59 bits per heavy atom. The van der Waals surface area contributed by atoms with Gasteiger partial charge in [-0.2, -0.15) is 0 Å². The minimum absolute atomic E-state index is 0.00673. The zero-order valence-electron chi connectivity index (χ0n) is 21.9. The van der Waals surface area contributed by atoms with Crippen LogP contribution in [0.4, 0.5) is 10.1 Å². The summed E-state index contributed by atoms with van der Waals surface area (Å²) >= 11 is 0. The lowest BCUT2D eigenvalue weighted by Crippen LogP contribution is -2.45. The number of nitrogens with one attached hydrogen (secondary N) is 1. The average Bonchev–Trinajstić information content (AvgIpc) is 3.12. The smallest absolute Gasteiger partial charge is 0.303 e. The quantitative estimate of drug-likeness (QED) is 0.512. The van der Waals surface area contributed by atoms with Gasteiger partial charge in [-0.3, -0.25) is 14.4 Å². The van der Waals surface area contributed by atoms with Crippen molar-refractivity contribution < 1.29 is 28.6 Å². The van der Waals surface area contributed by atoms with Crippen LogP contribution >= 0.6 is 0 Å². The number of carboxylic acid groups (broad SMARTS) is 1. The maximum atomic E-state index is 15.1. The zero-order chi connectivity index (χ0) is 26.9. The molecule has 1 unspecified atom stereocenters. The van der Waals surface area contributed by atoms with Crippen molar-refractivity contribution in [1.82, 2.24) is 4.90 Å². The van der Waals surface area contributed by atoms with Gasteiger partial charge in [0.2, 0.25) is 5.91 Å². The Bertz CT molecular complexity index is 1220. The molecular weight excluding hydrogens is 475 g/mol. The Hall–Kier alpha value is -3.42. The van der Waals surface area contributed by atoms with Crippen molar-refractivity contribution in [3.63, 3.8) is 0 Å². The maximum absolute atomic E-state index is 15.1. The van der Waals surface area contributed by atoms with Gasteiger partial charge in [0.05, 0.1) is 6.10 Å². The summed E-state index contributed by atoms with van der Waals surface area (Å²) in [6, 6.07) is 7.76. The van der Waals surface area contributed by atoms with Crippen LogP contribution in [0.15, 0.2) is 30.3 Å². The third kappa shape index (κ3) is 5.78. The molecule has 1 atom stereocenters. The first kappa shape index (κ1) is 26.6. The molecular formula is C29H35FN2O5. The SMILES string of the molecule is CC(C)Oc1ccc2c(c1)CCN(C(=O)CCCC(=O)O)C2C(=O)Nc1cc(F)c2c(c1)CCC2(C)C. The summed E-state index contributed by atoms with van der Waals surface area (Å²) in [7, 11) is 0. The third-order valence-electron chi connectivity index (χ3n) is 7.20. The van der Waals surface area contributed by atoms with Gasteiger partial charge in [-0.05, 0) is 91.5 Å². The van der Waals surface area contributed by atoms with Crippen LogP contribution in [-0.2, 0) is 32.6 Å². The van der Waals surface area contributed by atoms with Crippen LogP contribution in [0.5, 0.6) is 5.75 Å². The van der Waals surface area contributed by atoms with Gasteiger partial charge in [0.1, 0.15) is 17.6 Å². The molecule has 0 aromatic heterocycles. The molecule has 4 rings (SSSR count). The third-order valence-corrected chi connectivity index (χ3v) is 7.20. The van der Waals surface area contributed by atoms with E-state index in [0.29, 0.717) is 35.5 Å². The standard InChI is InChI=1S/C29H35FN2O5/c1-17(2)37-21-8-9-22-18(15-21)11-13-32(24(33)6-5-7-25(34)35)27(22)28(36)31-20-14-19-10-12-29(3,4)26(19)23(30)16-20/h8-9,14-17,27H,5-7,10-13H2,1-4H3,(H,31,36)(H,34,35). The van der Waals surface area contributed by atoms with Gasteiger partial charge in [-0.25, -0.2) is 4.39 Å².